The van der Waals surface area contributed by atoms with E-state index in [2.05, 4.69) is 10.3 Å². The van der Waals surface area contributed by atoms with E-state index in [9.17, 15) is 9.59 Å². The molecule has 0 bridgehead atoms. The molecule has 0 aliphatic heterocycles. The molecule has 7 heteroatoms. The average molecular weight is 337 g/mol. The van der Waals surface area contributed by atoms with Gasteiger partial charge in [0.1, 0.15) is 10.4 Å². The number of fused-ring (bicyclic) bond motifs is 2. The van der Waals surface area contributed by atoms with E-state index in [0.717, 1.165) is 14.8 Å². The third-order valence-corrected chi connectivity index (χ3v) is 4.67. The molecule has 6 nitrogen and oxygen atoms in total. The second-order valence-electron chi connectivity index (χ2n) is 5.12. The predicted molar refractivity (Wildman–Crippen MR) is 91.0 cm³/mol. The highest BCUT2D eigenvalue weighted by Crippen LogP contribution is 2.25. The van der Waals surface area contributed by atoms with E-state index in [0.29, 0.717) is 15.8 Å². The highest BCUT2D eigenvalue weighted by Gasteiger charge is 2.13. The van der Waals surface area contributed by atoms with E-state index in [-0.39, 0.29) is 12.3 Å². The summed E-state index contributed by atoms with van der Waals surface area (Å²) in [6.07, 6.45) is 0. The Bertz CT molecular complexity index is 1080. The number of hydrogen-bond acceptors (Lipinski definition) is 6. The van der Waals surface area contributed by atoms with Crippen LogP contribution < -0.4 is 5.56 Å². The van der Waals surface area contributed by atoms with Crippen LogP contribution >= 0.6 is 11.3 Å². The molecule has 2 heterocycles. The number of thiophene rings is 1. The summed E-state index contributed by atoms with van der Waals surface area (Å²) in [7, 11) is 0. The molecule has 0 saturated heterocycles. The number of rotatable bonds is 3. The lowest BCUT2D eigenvalue weighted by molar-refractivity contribution is 0.0342. The number of nitrogens with zero attached hydrogens (tertiary/aromatic N) is 3. The van der Waals surface area contributed by atoms with Crippen molar-refractivity contribution in [3.05, 3.63) is 69.8 Å². The number of benzene rings is 2. The predicted octanol–water partition coefficient (Wildman–Crippen LogP) is 2.82. The number of aromatic nitrogens is 3. The summed E-state index contributed by atoms with van der Waals surface area (Å²) in [5.41, 5.74) is 0.166. The molecule has 0 atom stereocenters. The Morgan fingerprint density at radius 3 is 2.79 bits per heavy atom. The molecule has 0 fully saturated rings. The van der Waals surface area contributed by atoms with Crippen LogP contribution in [0.2, 0.25) is 0 Å². The maximum absolute atomic E-state index is 12.3. The first-order valence-corrected chi connectivity index (χ1v) is 8.02. The summed E-state index contributed by atoms with van der Waals surface area (Å²) in [5, 5.41) is 9.17. The van der Waals surface area contributed by atoms with Crippen molar-refractivity contribution in [3.8, 4) is 0 Å². The summed E-state index contributed by atoms with van der Waals surface area (Å²) in [6.45, 7) is -0.274. The van der Waals surface area contributed by atoms with Gasteiger partial charge in [0.15, 0.2) is 6.73 Å². The molecule has 4 rings (SSSR count). The van der Waals surface area contributed by atoms with Gasteiger partial charge in [-0.25, -0.2) is 4.79 Å². The summed E-state index contributed by atoms with van der Waals surface area (Å²) < 4.78 is 7.25. The van der Waals surface area contributed by atoms with Gasteiger partial charge in [0, 0.05) is 4.70 Å². The first-order valence-electron chi connectivity index (χ1n) is 7.20. The van der Waals surface area contributed by atoms with Crippen LogP contribution in [0, 0.1) is 0 Å². The molecule has 0 saturated carbocycles. The monoisotopic (exact) mass is 337 g/mol. The van der Waals surface area contributed by atoms with Gasteiger partial charge in [-0.15, -0.1) is 16.4 Å². The van der Waals surface area contributed by atoms with Crippen LogP contribution in [0.5, 0.6) is 0 Å². The summed E-state index contributed by atoms with van der Waals surface area (Å²) >= 11 is 1.35. The number of ether oxygens (including phenoxy) is 1. The molecule has 118 valence electrons. The fourth-order valence-electron chi connectivity index (χ4n) is 2.38. The second-order valence-corrected chi connectivity index (χ2v) is 6.20. The van der Waals surface area contributed by atoms with Crippen LogP contribution in [0.1, 0.15) is 9.67 Å². The Labute approximate surface area is 139 Å². The van der Waals surface area contributed by atoms with Crippen molar-refractivity contribution in [2.45, 2.75) is 6.73 Å². The Morgan fingerprint density at radius 2 is 1.92 bits per heavy atom. The first-order chi connectivity index (χ1) is 11.7. The van der Waals surface area contributed by atoms with Crippen molar-refractivity contribution in [1.82, 2.24) is 15.0 Å². The van der Waals surface area contributed by atoms with Crippen LogP contribution in [-0.4, -0.2) is 21.0 Å². The highest BCUT2D eigenvalue weighted by atomic mass is 32.1. The van der Waals surface area contributed by atoms with E-state index in [1.165, 1.54) is 11.3 Å². The summed E-state index contributed by atoms with van der Waals surface area (Å²) in [4.78, 5) is 25.0. The van der Waals surface area contributed by atoms with Crippen molar-refractivity contribution >= 4 is 38.3 Å². The van der Waals surface area contributed by atoms with Gasteiger partial charge in [0.25, 0.3) is 5.56 Å². The van der Waals surface area contributed by atoms with E-state index in [1.807, 2.05) is 24.3 Å². The number of carbonyl (C=O) groups is 1. The quantitative estimate of drug-likeness (QED) is 0.537. The molecule has 0 unspecified atom stereocenters. The van der Waals surface area contributed by atoms with Gasteiger partial charge in [-0.1, -0.05) is 35.5 Å². The second kappa shape index (κ2) is 5.86. The molecule has 0 N–H and O–H groups in total. The minimum absolute atomic E-state index is 0.274. The fourth-order valence-corrected chi connectivity index (χ4v) is 3.34. The normalized spacial score (nSPS) is 11.0. The Hall–Kier alpha value is -3.06. The Morgan fingerprint density at radius 1 is 1.12 bits per heavy atom. The maximum atomic E-state index is 12.3. The standard InChI is InChI=1S/C17H11N3O3S/c21-16-12-6-2-3-7-13(12)18-19-20(16)10-23-17(22)15-9-11-5-1-4-8-14(11)24-15/h1-9H,10H2. The van der Waals surface area contributed by atoms with Crippen molar-refractivity contribution in [1.29, 1.82) is 0 Å². The number of esters is 1. The smallest absolute Gasteiger partial charge is 0.350 e. The molecule has 0 amide bonds. The van der Waals surface area contributed by atoms with Crippen molar-refractivity contribution in [3.63, 3.8) is 0 Å². The molecule has 0 spiro atoms. The molecule has 24 heavy (non-hydrogen) atoms. The highest BCUT2D eigenvalue weighted by molar-refractivity contribution is 7.20. The topological polar surface area (TPSA) is 74.1 Å². The molecular formula is C17H11N3O3S. The van der Waals surface area contributed by atoms with Crippen LogP contribution in [0.25, 0.3) is 21.0 Å². The zero-order valence-corrected chi connectivity index (χ0v) is 13.2. The third kappa shape index (κ3) is 2.55. The Balaban J connectivity index is 1.57. The Kier molecular flexibility index (Phi) is 3.55. The largest absolute Gasteiger partial charge is 0.438 e. The maximum Gasteiger partial charge on any atom is 0.350 e. The molecular weight excluding hydrogens is 326 g/mol. The van der Waals surface area contributed by atoms with Crippen molar-refractivity contribution < 1.29 is 9.53 Å². The van der Waals surface area contributed by atoms with Gasteiger partial charge in [-0.05, 0) is 29.7 Å². The zero-order chi connectivity index (χ0) is 16.5. The van der Waals surface area contributed by atoms with E-state index in [1.54, 1.807) is 30.3 Å². The number of hydrogen-bond donors (Lipinski definition) is 0. The van der Waals surface area contributed by atoms with Crippen LogP contribution in [0.3, 0.4) is 0 Å². The van der Waals surface area contributed by atoms with E-state index >= 15 is 0 Å². The van der Waals surface area contributed by atoms with Crippen molar-refractivity contribution in [2.75, 3.05) is 0 Å². The van der Waals surface area contributed by atoms with Crippen molar-refractivity contribution in [2.24, 2.45) is 0 Å². The van der Waals surface area contributed by atoms with Gasteiger partial charge in [0.2, 0.25) is 0 Å². The molecule has 0 radical (unpaired) electrons. The van der Waals surface area contributed by atoms with E-state index < -0.39 is 5.97 Å². The minimum atomic E-state index is -0.488. The van der Waals surface area contributed by atoms with Gasteiger partial charge >= 0.3 is 5.97 Å². The molecule has 4 aromatic rings. The summed E-state index contributed by atoms with van der Waals surface area (Å²) in [6, 6.07) is 16.4. The lowest BCUT2D eigenvalue weighted by Gasteiger charge is -2.05. The molecule has 2 aromatic heterocycles. The molecule has 0 aliphatic carbocycles. The lowest BCUT2D eigenvalue weighted by Crippen LogP contribution is -2.26. The zero-order valence-electron chi connectivity index (χ0n) is 12.4. The van der Waals surface area contributed by atoms with Gasteiger partial charge in [-0.3, -0.25) is 4.79 Å². The fraction of sp³-hybridized carbons (Fsp3) is 0.0588. The lowest BCUT2D eigenvalue weighted by atomic mass is 10.2. The van der Waals surface area contributed by atoms with Crippen LogP contribution in [0.15, 0.2) is 59.4 Å². The van der Waals surface area contributed by atoms with Crippen LogP contribution in [0.4, 0.5) is 0 Å². The SMILES string of the molecule is O=C(OCn1nnc2ccccc2c1=O)c1cc2ccccc2s1. The number of carbonyl (C=O) groups excluding carboxylic acids is 1. The van der Waals surface area contributed by atoms with Gasteiger partial charge < -0.3 is 4.74 Å². The molecule has 0 aliphatic rings. The first kappa shape index (κ1) is 14.5. The minimum Gasteiger partial charge on any atom is -0.438 e. The van der Waals surface area contributed by atoms with Crippen LogP contribution in [-0.2, 0) is 11.5 Å². The van der Waals surface area contributed by atoms with Gasteiger partial charge in [0.05, 0.1) is 5.39 Å². The molecule has 2 aromatic carbocycles. The van der Waals surface area contributed by atoms with Gasteiger partial charge in [-0.2, -0.15) is 4.68 Å². The third-order valence-electron chi connectivity index (χ3n) is 3.57. The average Bonchev–Trinajstić information content (AvgIpc) is 3.05. The summed E-state index contributed by atoms with van der Waals surface area (Å²) in [5.74, 6) is -0.488. The van der Waals surface area contributed by atoms with E-state index in [4.69, 9.17) is 4.74 Å².